The Morgan fingerprint density at radius 2 is 2.00 bits per heavy atom. The molecule has 100 valence electrons. The predicted octanol–water partition coefficient (Wildman–Crippen LogP) is 1.73. The summed E-state index contributed by atoms with van der Waals surface area (Å²) in [5, 5.41) is 0.167. The summed E-state index contributed by atoms with van der Waals surface area (Å²) in [6.45, 7) is 4.54. The van der Waals surface area contributed by atoms with Crippen LogP contribution in [0.2, 0.25) is 5.02 Å². The summed E-state index contributed by atoms with van der Waals surface area (Å²) in [4.78, 5) is 4.63. The summed E-state index contributed by atoms with van der Waals surface area (Å²) in [7, 11) is 2.11. The maximum Gasteiger partial charge on any atom is 0.141 e. The summed E-state index contributed by atoms with van der Waals surface area (Å²) < 4.78 is 13.2. The van der Waals surface area contributed by atoms with Crippen LogP contribution in [0.25, 0.3) is 0 Å². The maximum absolute atomic E-state index is 13.2. The first kappa shape index (κ1) is 13.7. The van der Waals surface area contributed by atoms with E-state index < -0.39 is 0 Å². The zero-order valence-electron chi connectivity index (χ0n) is 10.6. The van der Waals surface area contributed by atoms with Gasteiger partial charge in [-0.15, -0.1) is 0 Å². The van der Waals surface area contributed by atoms with Crippen LogP contribution in [0.1, 0.15) is 11.6 Å². The van der Waals surface area contributed by atoms with Gasteiger partial charge in [0.05, 0.1) is 5.02 Å². The Bertz CT molecular complexity index is 405. The van der Waals surface area contributed by atoms with Crippen LogP contribution in [0, 0.1) is 5.82 Å². The van der Waals surface area contributed by atoms with Gasteiger partial charge in [0.1, 0.15) is 5.82 Å². The molecule has 0 aliphatic carbocycles. The smallest absolute Gasteiger partial charge is 0.141 e. The number of benzene rings is 1. The molecule has 0 bridgehead atoms. The molecule has 18 heavy (non-hydrogen) atoms. The minimum absolute atomic E-state index is 0.122. The topological polar surface area (TPSA) is 32.5 Å². The number of rotatable bonds is 3. The highest BCUT2D eigenvalue weighted by Gasteiger charge is 2.23. The van der Waals surface area contributed by atoms with Gasteiger partial charge in [-0.1, -0.05) is 17.7 Å². The molecule has 5 heteroatoms. The van der Waals surface area contributed by atoms with Crippen LogP contribution in [0.5, 0.6) is 0 Å². The van der Waals surface area contributed by atoms with E-state index in [0.717, 1.165) is 31.7 Å². The molecule has 1 fully saturated rings. The van der Waals surface area contributed by atoms with Crippen molar-refractivity contribution in [3.63, 3.8) is 0 Å². The molecule has 0 spiro atoms. The maximum atomic E-state index is 13.2. The van der Waals surface area contributed by atoms with Gasteiger partial charge in [0.2, 0.25) is 0 Å². The van der Waals surface area contributed by atoms with Crippen LogP contribution in [-0.2, 0) is 0 Å². The van der Waals surface area contributed by atoms with Gasteiger partial charge in [-0.3, -0.25) is 4.90 Å². The monoisotopic (exact) mass is 271 g/mol. The normalized spacial score (nSPS) is 20.0. The van der Waals surface area contributed by atoms with Crippen molar-refractivity contribution in [2.75, 3.05) is 39.8 Å². The molecule has 1 atom stereocenters. The van der Waals surface area contributed by atoms with Crippen molar-refractivity contribution in [1.29, 1.82) is 0 Å². The standard InChI is InChI=1S/C13H19ClFN3/c1-17-4-6-18(7-5-17)13(9-16)10-2-3-12(15)11(14)8-10/h2-3,8,13H,4-7,9,16H2,1H3. The fraction of sp³-hybridized carbons (Fsp3) is 0.538. The predicted molar refractivity (Wildman–Crippen MR) is 72.3 cm³/mol. The Morgan fingerprint density at radius 3 is 2.56 bits per heavy atom. The van der Waals surface area contributed by atoms with Crippen molar-refractivity contribution in [2.24, 2.45) is 5.73 Å². The van der Waals surface area contributed by atoms with Crippen molar-refractivity contribution < 1.29 is 4.39 Å². The minimum Gasteiger partial charge on any atom is -0.329 e. The average Bonchev–Trinajstić information content (AvgIpc) is 2.37. The van der Waals surface area contributed by atoms with E-state index in [0.29, 0.717) is 6.54 Å². The fourth-order valence-corrected chi connectivity index (χ4v) is 2.54. The Balaban J connectivity index is 2.14. The number of hydrogen-bond acceptors (Lipinski definition) is 3. The van der Waals surface area contributed by atoms with Gasteiger partial charge in [-0.2, -0.15) is 0 Å². The first-order valence-corrected chi connectivity index (χ1v) is 6.57. The van der Waals surface area contributed by atoms with E-state index in [9.17, 15) is 4.39 Å². The molecule has 1 saturated heterocycles. The van der Waals surface area contributed by atoms with E-state index in [1.54, 1.807) is 12.1 Å². The molecule has 1 aliphatic rings. The first-order valence-electron chi connectivity index (χ1n) is 6.19. The number of piperazine rings is 1. The highest BCUT2D eigenvalue weighted by atomic mass is 35.5. The van der Waals surface area contributed by atoms with Gasteiger partial charge in [0, 0.05) is 38.8 Å². The molecule has 0 saturated carbocycles. The van der Waals surface area contributed by atoms with E-state index in [1.165, 1.54) is 6.07 Å². The van der Waals surface area contributed by atoms with Crippen molar-refractivity contribution in [1.82, 2.24) is 9.80 Å². The molecule has 0 amide bonds. The van der Waals surface area contributed by atoms with Gasteiger partial charge >= 0.3 is 0 Å². The van der Waals surface area contributed by atoms with E-state index >= 15 is 0 Å². The summed E-state index contributed by atoms with van der Waals surface area (Å²) in [6.07, 6.45) is 0. The van der Waals surface area contributed by atoms with Crippen molar-refractivity contribution >= 4 is 11.6 Å². The van der Waals surface area contributed by atoms with E-state index in [2.05, 4.69) is 16.8 Å². The Kier molecular flexibility index (Phi) is 4.56. The van der Waals surface area contributed by atoms with Gasteiger partial charge in [0.15, 0.2) is 0 Å². The number of halogens is 2. The van der Waals surface area contributed by atoms with E-state index in [-0.39, 0.29) is 16.9 Å². The van der Waals surface area contributed by atoms with E-state index in [1.807, 2.05) is 0 Å². The minimum atomic E-state index is -0.380. The van der Waals surface area contributed by atoms with Crippen molar-refractivity contribution in [3.05, 3.63) is 34.6 Å². The summed E-state index contributed by atoms with van der Waals surface area (Å²) >= 11 is 5.83. The number of likely N-dealkylation sites (N-methyl/N-ethyl adjacent to an activating group) is 1. The quantitative estimate of drug-likeness (QED) is 0.909. The van der Waals surface area contributed by atoms with E-state index in [4.69, 9.17) is 17.3 Å². The third-order valence-corrected chi connectivity index (χ3v) is 3.82. The van der Waals surface area contributed by atoms with Crippen molar-refractivity contribution in [3.8, 4) is 0 Å². The zero-order valence-corrected chi connectivity index (χ0v) is 11.3. The highest BCUT2D eigenvalue weighted by molar-refractivity contribution is 6.30. The Hall–Kier alpha value is -0.680. The fourth-order valence-electron chi connectivity index (χ4n) is 2.35. The number of hydrogen-bond donors (Lipinski definition) is 1. The highest BCUT2D eigenvalue weighted by Crippen LogP contribution is 2.25. The Labute approximate surface area is 112 Å². The molecule has 1 aliphatic heterocycles. The molecule has 2 rings (SSSR count). The average molecular weight is 272 g/mol. The molecule has 0 aromatic heterocycles. The van der Waals surface area contributed by atoms with Gasteiger partial charge < -0.3 is 10.6 Å². The van der Waals surface area contributed by atoms with Crippen molar-refractivity contribution in [2.45, 2.75) is 6.04 Å². The van der Waals surface area contributed by atoms with Gasteiger partial charge in [-0.25, -0.2) is 4.39 Å². The van der Waals surface area contributed by atoms with Crippen LogP contribution < -0.4 is 5.73 Å². The van der Waals surface area contributed by atoms with Crippen LogP contribution in [0.4, 0.5) is 4.39 Å². The molecule has 0 radical (unpaired) electrons. The Morgan fingerprint density at radius 1 is 1.33 bits per heavy atom. The first-order chi connectivity index (χ1) is 8.61. The summed E-state index contributed by atoms with van der Waals surface area (Å²) in [6, 6.07) is 5.00. The van der Waals surface area contributed by atoms with Crippen LogP contribution in [0.3, 0.4) is 0 Å². The van der Waals surface area contributed by atoms with Crippen LogP contribution in [-0.4, -0.2) is 49.6 Å². The zero-order chi connectivity index (χ0) is 13.1. The second kappa shape index (κ2) is 5.97. The van der Waals surface area contributed by atoms with Gasteiger partial charge in [0.25, 0.3) is 0 Å². The summed E-state index contributed by atoms with van der Waals surface area (Å²) in [5.74, 6) is -0.380. The lowest BCUT2D eigenvalue weighted by Gasteiger charge is -2.37. The molecule has 1 heterocycles. The lowest BCUT2D eigenvalue weighted by Crippen LogP contribution is -2.47. The third kappa shape index (κ3) is 3.01. The lowest BCUT2D eigenvalue weighted by molar-refractivity contribution is 0.114. The lowest BCUT2D eigenvalue weighted by atomic mass is 10.0. The largest absolute Gasteiger partial charge is 0.329 e. The molecular weight excluding hydrogens is 253 g/mol. The number of nitrogens with two attached hydrogens (primary N) is 1. The summed E-state index contributed by atoms with van der Waals surface area (Å²) in [5.41, 5.74) is 6.86. The third-order valence-electron chi connectivity index (χ3n) is 3.53. The number of nitrogens with zero attached hydrogens (tertiary/aromatic N) is 2. The SMILES string of the molecule is CN1CCN(C(CN)c2ccc(F)c(Cl)c2)CC1. The van der Waals surface area contributed by atoms with Gasteiger partial charge in [-0.05, 0) is 24.7 Å². The molecule has 1 unspecified atom stereocenters. The van der Waals surface area contributed by atoms with Crippen LogP contribution >= 0.6 is 11.6 Å². The molecule has 2 N–H and O–H groups in total. The second-order valence-corrected chi connectivity index (χ2v) is 5.17. The molecular formula is C13H19ClFN3. The molecule has 1 aromatic carbocycles. The molecule has 1 aromatic rings. The second-order valence-electron chi connectivity index (χ2n) is 4.76. The van der Waals surface area contributed by atoms with Crippen LogP contribution in [0.15, 0.2) is 18.2 Å². The molecule has 3 nitrogen and oxygen atoms in total.